The second-order valence-corrected chi connectivity index (χ2v) is 4.34. The number of nitriles is 1. The van der Waals surface area contributed by atoms with Crippen molar-refractivity contribution >= 4 is 17.3 Å². The van der Waals surface area contributed by atoms with E-state index in [1.807, 2.05) is 6.07 Å². The normalized spacial score (nSPS) is 18.2. The Morgan fingerprint density at radius 3 is 2.84 bits per heavy atom. The van der Waals surface area contributed by atoms with Crippen molar-refractivity contribution in [3.63, 3.8) is 0 Å². The molecule has 1 unspecified atom stereocenters. The number of amides is 1. The van der Waals surface area contributed by atoms with Gasteiger partial charge in [-0.05, 0) is 12.5 Å². The van der Waals surface area contributed by atoms with Crippen molar-refractivity contribution in [2.75, 3.05) is 18.9 Å². The number of nitrogens with zero attached hydrogens (tertiary/aromatic N) is 3. The third-order valence-corrected chi connectivity index (χ3v) is 3.09. The van der Waals surface area contributed by atoms with Gasteiger partial charge in [-0.25, -0.2) is 0 Å². The van der Waals surface area contributed by atoms with Crippen LogP contribution in [0.5, 0.6) is 0 Å². The number of nitro benzene ring substituents is 1. The Balaban J connectivity index is 2.24. The van der Waals surface area contributed by atoms with E-state index < -0.39 is 4.92 Å². The van der Waals surface area contributed by atoms with Gasteiger partial charge >= 0.3 is 0 Å². The highest BCUT2D eigenvalue weighted by atomic mass is 16.6. The first-order valence-electron chi connectivity index (χ1n) is 5.73. The summed E-state index contributed by atoms with van der Waals surface area (Å²) in [6.45, 7) is 0.658. The topological polar surface area (TPSA) is 99.3 Å². The number of hydrogen-bond donors (Lipinski definition) is 1. The number of anilines is 1. The number of likely N-dealkylation sites (tertiary alicyclic amines) is 1. The molecule has 7 heteroatoms. The first-order chi connectivity index (χ1) is 9.02. The zero-order chi connectivity index (χ0) is 14.0. The summed E-state index contributed by atoms with van der Waals surface area (Å²) in [4.78, 5) is 23.4. The maximum Gasteiger partial charge on any atom is 0.270 e. The van der Waals surface area contributed by atoms with E-state index in [1.54, 1.807) is 11.9 Å². The predicted molar refractivity (Wildman–Crippen MR) is 67.5 cm³/mol. The van der Waals surface area contributed by atoms with Gasteiger partial charge in [0.05, 0.1) is 16.2 Å². The number of nitrogens with one attached hydrogen (secondary N) is 1. The Kier molecular flexibility index (Phi) is 3.33. The number of hydrogen-bond acceptors (Lipinski definition) is 5. The highest BCUT2D eigenvalue weighted by Gasteiger charge is 2.29. The van der Waals surface area contributed by atoms with Crippen molar-refractivity contribution < 1.29 is 9.72 Å². The molecule has 1 saturated heterocycles. The molecule has 0 radical (unpaired) electrons. The Labute approximate surface area is 109 Å². The quantitative estimate of drug-likeness (QED) is 0.648. The lowest BCUT2D eigenvalue weighted by molar-refractivity contribution is -0.384. The van der Waals surface area contributed by atoms with Crippen LogP contribution in [0.25, 0.3) is 0 Å². The van der Waals surface area contributed by atoms with Crippen LogP contribution in [-0.2, 0) is 4.79 Å². The molecule has 7 nitrogen and oxygen atoms in total. The Morgan fingerprint density at radius 1 is 1.58 bits per heavy atom. The fraction of sp³-hybridized carbons (Fsp3) is 0.333. The fourth-order valence-electron chi connectivity index (χ4n) is 2.01. The second kappa shape index (κ2) is 4.94. The van der Waals surface area contributed by atoms with E-state index in [0.717, 1.165) is 0 Å². The van der Waals surface area contributed by atoms with E-state index >= 15 is 0 Å². The summed E-state index contributed by atoms with van der Waals surface area (Å²) in [7, 11) is 1.71. The van der Waals surface area contributed by atoms with Crippen LogP contribution in [0.2, 0.25) is 0 Å². The lowest BCUT2D eigenvalue weighted by Crippen LogP contribution is -2.31. The number of likely N-dealkylation sites (N-methyl/N-ethyl adjacent to an activating group) is 1. The average molecular weight is 260 g/mol. The van der Waals surface area contributed by atoms with Gasteiger partial charge in [-0.1, -0.05) is 0 Å². The number of rotatable bonds is 3. The number of carbonyl (C=O) groups is 1. The van der Waals surface area contributed by atoms with Gasteiger partial charge in [0.25, 0.3) is 5.69 Å². The molecule has 0 aliphatic carbocycles. The summed E-state index contributed by atoms with van der Waals surface area (Å²) in [5.41, 5.74) is 0.468. The molecule has 1 fully saturated rings. The highest BCUT2D eigenvalue weighted by Crippen LogP contribution is 2.24. The molecule has 2 rings (SSSR count). The van der Waals surface area contributed by atoms with Crippen LogP contribution in [-0.4, -0.2) is 35.4 Å². The summed E-state index contributed by atoms with van der Waals surface area (Å²) in [5, 5.41) is 22.6. The van der Waals surface area contributed by atoms with E-state index in [1.165, 1.54) is 18.2 Å². The molecule has 1 aromatic rings. The number of carbonyl (C=O) groups excluding carboxylic acids is 1. The van der Waals surface area contributed by atoms with Crippen LogP contribution < -0.4 is 5.32 Å². The maximum absolute atomic E-state index is 11.8. The summed E-state index contributed by atoms with van der Waals surface area (Å²) in [5.74, 6) is -0.0396. The molecule has 0 saturated carbocycles. The number of benzene rings is 1. The van der Waals surface area contributed by atoms with Crippen molar-refractivity contribution in [2.24, 2.45) is 0 Å². The van der Waals surface area contributed by atoms with Gasteiger partial charge in [0.15, 0.2) is 0 Å². The maximum atomic E-state index is 11.8. The zero-order valence-corrected chi connectivity index (χ0v) is 10.3. The van der Waals surface area contributed by atoms with Gasteiger partial charge in [0, 0.05) is 25.7 Å². The molecule has 1 aliphatic heterocycles. The zero-order valence-electron chi connectivity index (χ0n) is 10.3. The second-order valence-electron chi connectivity index (χ2n) is 4.34. The van der Waals surface area contributed by atoms with Crippen LogP contribution in [0.4, 0.5) is 11.4 Å². The lowest BCUT2D eigenvalue weighted by atomic mass is 10.1. The molecule has 1 heterocycles. The molecule has 0 bridgehead atoms. The summed E-state index contributed by atoms with van der Waals surface area (Å²) >= 11 is 0. The fourth-order valence-corrected chi connectivity index (χ4v) is 2.01. The minimum Gasteiger partial charge on any atom is -0.373 e. The molecule has 1 aliphatic rings. The minimum absolute atomic E-state index is 0.0396. The van der Waals surface area contributed by atoms with E-state index in [4.69, 9.17) is 5.26 Å². The largest absolute Gasteiger partial charge is 0.373 e. The van der Waals surface area contributed by atoms with Crippen LogP contribution in [0, 0.1) is 21.4 Å². The van der Waals surface area contributed by atoms with Crippen LogP contribution in [0.3, 0.4) is 0 Å². The van der Waals surface area contributed by atoms with E-state index in [0.29, 0.717) is 18.7 Å². The monoisotopic (exact) mass is 260 g/mol. The van der Waals surface area contributed by atoms with Gasteiger partial charge in [0.2, 0.25) is 5.91 Å². The van der Waals surface area contributed by atoms with Gasteiger partial charge in [-0.3, -0.25) is 14.9 Å². The smallest absolute Gasteiger partial charge is 0.270 e. The summed E-state index contributed by atoms with van der Waals surface area (Å²) < 4.78 is 0. The third-order valence-electron chi connectivity index (χ3n) is 3.09. The molecule has 0 aromatic heterocycles. The number of nitro groups is 1. The SMILES string of the molecule is CN1CCC(Nc2ccc([N+](=O)[O-])cc2C#N)C1=O. The van der Waals surface area contributed by atoms with Crippen LogP contribution in [0.15, 0.2) is 18.2 Å². The van der Waals surface area contributed by atoms with Gasteiger partial charge in [-0.2, -0.15) is 5.26 Å². The van der Waals surface area contributed by atoms with Crippen molar-refractivity contribution in [2.45, 2.75) is 12.5 Å². The van der Waals surface area contributed by atoms with E-state index in [9.17, 15) is 14.9 Å². The molecular weight excluding hydrogens is 248 g/mol. The lowest BCUT2D eigenvalue weighted by Gasteiger charge is -2.14. The van der Waals surface area contributed by atoms with Gasteiger partial charge in [0.1, 0.15) is 12.1 Å². The van der Waals surface area contributed by atoms with E-state index in [2.05, 4.69) is 5.32 Å². The average Bonchev–Trinajstić information content (AvgIpc) is 2.71. The molecule has 98 valence electrons. The van der Waals surface area contributed by atoms with Crippen molar-refractivity contribution in [1.29, 1.82) is 5.26 Å². The molecule has 0 spiro atoms. The van der Waals surface area contributed by atoms with Gasteiger partial charge in [-0.15, -0.1) is 0 Å². The predicted octanol–water partition coefficient (Wildman–Crippen LogP) is 1.11. The first kappa shape index (κ1) is 12.8. The molecule has 1 atom stereocenters. The highest BCUT2D eigenvalue weighted by molar-refractivity contribution is 5.87. The standard InChI is InChI=1S/C12H12N4O3/c1-15-5-4-11(12(15)17)14-10-3-2-9(16(18)19)6-8(10)7-13/h2-3,6,11,14H,4-5H2,1H3. The van der Waals surface area contributed by atoms with E-state index in [-0.39, 0.29) is 23.2 Å². The summed E-state index contributed by atoms with van der Waals surface area (Å²) in [6.07, 6.45) is 0.650. The molecular formula is C12H12N4O3. The minimum atomic E-state index is -0.556. The molecule has 19 heavy (non-hydrogen) atoms. The Bertz CT molecular complexity index is 579. The van der Waals surface area contributed by atoms with Crippen molar-refractivity contribution in [3.05, 3.63) is 33.9 Å². The van der Waals surface area contributed by atoms with Crippen molar-refractivity contribution in [1.82, 2.24) is 4.90 Å². The summed E-state index contributed by atoms with van der Waals surface area (Å²) in [6, 6.07) is 5.49. The van der Waals surface area contributed by atoms with Gasteiger partial charge < -0.3 is 10.2 Å². The van der Waals surface area contributed by atoms with Crippen molar-refractivity contribution in [3.8, 4) is 6.07 Å². The molecule has 1 N–H and O–H groups in total. The molecule has 1 aromatic carbocycles. The first-order valence-corrected chi connectivity index (χ1v) is 5.73. The molecule has 1 amide bonds. The van der Waals surface area contributed by atoms with Crippen LogP contribution in [0.1, 0.15) is 12.0 Å². The number of non-ortho nitro benzene ring substituents is 1. The Hall–Kier alpha value is -2.62. The van der Waals surface area contributed by atoms with Crippen LogP contribution >= 0.6 is 0 Å². The third kappa shape index (κ3) is 2.47. The Morgan fingerprint density at radius 2 is 2.32 bits per heavy atom.